The number of nitrogens with zero attached hydrogens (tertiary/aromatic N) is 3. The van der Waals surface area contributed by atoms with Gasteiger partial charge in [-0.25, -0.2) is 4.90 Å². The molecule has 7 heteroatoms. The van der Waals surface area contributed by atoms with Gasteiger partial charge in [0, 0.05) is 37.9 Å². The molecule has 1 atom stereocenters. The van der Waals surface area contributed by atoms with Crippen molar-refractivity contribution in [1.29, 1.82) is 0 Å². The van der Waals surface area contributed by atoms with E-state index in [9.17, 15) is 9.59 Å². The second kappa shape index (κ2) is 8.75. The van der Waals surface area contributed by atoms with Crippen molar-refractivity contribution in [3.05, 3.63) is 48.5 Å². The molecular formula is C23H27N3O4. The van der Waals surface area contributed by atoms with E-state index in [1.807, 2.05) is 43.3 Å². The average molecular weight is 409 g/mol. The number of ether oxygens (including phenoxy) is 2. The van der Waals surface area contributed by atoms with Crippen molar-refractivity contribution >= 4 is 23.2 Å². The van der Waals surface area contributed by atoms with E-state index in [2.05, 4.69) is 9.80 Å². The van der Waals surface area contributed by atoms with Crippen LogP contribution in [0.3, 0.4) is 0 Å². The maximum Gasteiger partial charge on any atom is 0.251 e. The van der Waals surface area contributed by atoms with Crippen LogP contribution in [0.1, 0.15) is 13.3 Å². The molecule has 2 amide bonds. The molecule has 0 bridgehead atoms. The third-order valence-corrected chi connectivity index (χ3v) is 5.70. The third kappa shape index (κ3) is 3.98. The molecule has 0 spiro atoms. The molecule has 7 nitrogen and oxygen atoms in total. The number of carbonyl (C=O) groups is 2. The standard InChI is InChI=1S/C23H27N3O4/c1-3-30-20-6-4-5-18(15-20)26-22(27)16-21(23(26)28)25-13-11-24(12-14-25)17-7-9-19(29-2)10-8-17/h4-10,15,21H,3,11-14,16H2,1-2H3. The Bertz CT molecular complexity index is 907. The monoisotopic (exact) mass is 409 g/mol. The minimum atomic E-state index is -0.397. The molecule has 158 valence electrons. The predicted molar refractivity (Wildman–Crippen MR) is 115 cm³/mol. The van der Waals surface area contributed by atoms with E-state index in [0.29, 0.717) is 18.0 Å². The van der Waals surface area contributed by atoms with E-state index in [1.165, 1.54) is 4.90 Å². The number of rotatable bonds is 6. The van der Waals surface area contributed by atoms with Crippen molar-refractivity contribution in [1.82, 2.24) is 4.90 Å². The van der Waals surface area contributed by atoms with E-state index in [1.54, 1.807) is 19.2 Å². The molecule has 2 aromatic carbocycles. The summed E-state index contributed by atoms with van der Waals surface area (Å²) in [5.74, 6) is 1.19. The van der Waals surface area contributed by atoms with Gasteiger partial charge in [0.1, 0.15) is 11.5 Å². The second-order valence-electron chi connectivity index (χ2n) is 7.44. The molecule has 0 radical (unpaired) electrons. The smallest absolute Gasteiger partial charge is 0.251 e. The van der Waals surface area contributed by atoms with Crippen molar-refractivity contribution in [3.8, 4) is 11.5 Å². The van der Waals surface area contributed by atoms with E-state index in [-0.39, 0.29) is 18.2 Å². The highest BCUT2D eigenvalue weighted by atomic mass is 16.5. The summed E-state index contributed by atoms with van der Waals surface area (Å²) < 4.78 is 10.7. The molecule has 0 saturated carbocycles. The Morgan fingerprint density at radius 2 is 1.67 bits per heavy atom. The van der Waals surface area contributed by atoms with Gasteiger partial charge in [-0.2, -0.15) is 0 Å². The van der Waals surface area contributed by atoms with Crippen molar-refractivity contribution in [2.24, 2.45) is 0 Å². The average Bonchev–Trinajstić information content (AvgIpc) is 3.08. The summed E-state index contributed by atoms with van der Waals surface area (Å²) in [4.78, 5) is 31.5. The van der Waals surface area contributed by atoms with Crippen LogP contribution in [0, 0.1) is 0 Å². The first kappa shape index (κ1) is 20.2. The zero-order valence-electron chi connectivity index (χ0n) is 17.4. The lowest BCUT2D eigenvalue weighted by Crippen LogP contribution is -2.52. The number of piperazine rings is 1. The normalized spacial score (nSPS) is 20.0. The number of carbonyl (C=O) groups excluding carboxylic acids is 2. The molecule has 2 aliphatic rings. The van der Waals surface area contributed by atoms with Crippen LogP contribution in [0.4, 0.5) is 11.4 Å². The number of anilines is 2. The molecule has 0 aromatic heterocycles. The van der Waals surface area contributed by atoms with Gasteiger partial charge in [0.2, 0.25) is 5.91 Å². The van der Waals surface area contributed by atoms with Gasteiger partial charge in [0.05, 0.1) is 31.9 Å². The maximum atomic E-state index is 13.1. The summed E-state index contributed by atoms with van der Waals surface area (Å²) >= 11 is 0. The first-order valence-corrected chi connectivity index (χ1v) is 10.3. The van der Waals surface area contributed by atoms with Crippen molar-refractivity contribution < 1.29 is 19.1 Å². The van der Waals surface area contributed by atoms with Crippen LogP contribution in [0.25, 0.3) is 0 Å². The van der Waals surface area contributed by atoms with Crippen LogP contribution in [0.2, 0.25) is 0 Å². The van der Waals surface area contributed by atoms with Gasteiger partial charge in [-0.15, -0.1) is 0 Å². The van der Waals surface area contributed by atoms with Crippen LogP contribution in [-0.4, -0.2) is 62.7 Å². The quantitative estimate of drug-likeness (QED) is 0.684. The molecule has 0 aliphatic carbocycles. The van der Waals surface area contributed by atoms with E-state index in [4.69, 9.17) is 9.47 Å². The van der Waals surface area contributed by atoms with Crippen LogP contribution >= 0.6 is 0 Å². The molecular weight excluding hydrogens is 382 g/mol. The van der Waals surface area contributed by atoms with E-state index < -0.39 is 6.04 Å². The number of benzene rings is 2. The molecule has 30 heavy (non-hydrogen) atoms. The van der Waals surface area contributed by atoms with Crippen molar-refractivity contribution in [2.45, 2.75) is 19.4 Å². The van der Waals surface area contributed by atoms with Gasteiger partial charge >= 0.3 is 0 Å². The maximum absolute atomic E-state index is 13.1. The lowest BCUT2D eigenvalue weighted by molar-refractivity contribution is -0.123. The lowest BCUT2D eigenvalue weighted by atomic mass is 10.1. The van der Waals surface area contributed by atoms with Crippen molar-refractivity contribution in [2.75, 3.05) is 49.7 Å². The number of methoxy groups -OCH3 is 1. The Morgan fingerprint density at radius 1 is 0.933 bits per heavy atom. The Kier molecular flexibility index (Phi) is 5.90. The zero-order valence-corrected chi connectivity index (χ0v) is 17.4. The number of hydrogen-bond donors (Lipinski definition) is 0. The molecule has 2 saturated heterocycles. The van der Waals surface area contributed by atoms with Gasteiger partial charge in [-0.05, 0) is 43.3 Å². The first-order chi connectivity index (χ1) is 14.6. The lowest BCUT2D eigenvalue weighted by Gasteiger charge is -2.38. The summed E-state index contributed by atoms with van der Waals surface area (Å²) in [6.45, 7) is 5.53. The molecule has 2 heterocycles. The van der Waals surface area contributed by atoms with E-state index in [0.717, 1.165) is 37.6 Å². The van der Waals surface area contributed by atoms with Crippen LogP contribution in [0.5, 0.6) is 11.5 Å². The molecule has 2 aliphatic heterocycles. The highest BCUT2D eigenvalue weighted by Crippen LogP contribution is 2.29. The fourth-order valence-electron chi connectivity index (χ4n) is 4.14. The number of imide groups is 1. The molecule has 2 fully saturated rings. The number of amides is 2. The minimum Gasteiger partial charge on any atom is -0.497 e. The van der Waals surface area contributed by atoms with Gasteiger partial charge < -0.3 is 14.4 Å². The first-order valence-electron chi connectivity index (χ1n) is 10.3. The fourth-order valence-corrected chi connectivity index (χ4v) is 4.14. The fraction of sp³-hybridized carbons (Fsp3) is 0.391. The summed E-state index contributed by atoms with van der Waals surface area (Å²) in [5, 5.41) is 0. The number of hydrogen-bond acceptors (Lipinski definition) is 6. The van der Waals surface area contributed by atoms with Crippen molar-refractivity contribution in [3.63, 3.8) is 0 Å². The molecule has 0 N–H and O–H groups in total. The summed E-state index contributed by atoms with van der Waals surface area (Å²) in [6.07, 6.45) is 0.222. The highest BCUT2D eigenvalue weighted by molar-refractivity contribution is 6.22. The predicted octanol–water partition coefficient (Wildman–Crippen LogP) is 2.55. The minimum absolute atomic E-state index is 0.147. The van der Waals surface area contributed by atoms with Gasteiger partial charge in [-0.3, -0.25) is 14.5 Å². The van der Waals surface area contributed by atoms with Crippen LogP contribution in [0.15, 0.2) is 48.5 Å². The third-order valence-electron chi connectivity index (χ3n) is 5.70. The summed E-state index contributed by atoms with van der Waals surface area (Å²) in [5.41, 5.74) is 1.72. The molecule has 1 unspecified atom stereocenters. The zero-order chi connectivity index (χ0) is 21.1. The molecule has 4 rings (SSSR count). The Morgan fingerprint density at radius 3 is 2.33 bits per heavy atom. The van der Waals surface area contributed by atoms with Gasteiger partial charge in [0.25, 0.3) is 5.91 Å². The Hall–Kier alpha value is -3.06. The van der Waals surface area contributed by atoms with Crippen LogP contribution < -0.4 is 19.3 Å². The summed E-state index contributed by atoms with van der Waals surface area (Å²) in [6, 6.07) is 14.8. The highest BCUT2D eigenvalue weighted by Gasteiger charge is 2.43. The summed E-state index contributed by atoms with van der Waals surface area (Å²) in [7, 11) is 1.66. The topological polar surface area (TPSA) is 62.3 Å². The second-order valence-corrected chi connectivity index (χ2v) is 7.44. The Balaban J connectivity index is 1.41. The largest absolute Gasteiger partial charge is 0.497 e. The van der Waals surface area contributed by atoms with Gasteiger partial charge in [0.15, 0.2) is 0 Å². The molecule has 2 aromatic rings. The Labute approximate surface area is 176 Å². The SMILES string of the molecule is CCOc1cccc(N2C(=O)CC(N3CCN(c4ccc(OC)cc4)CC3)C2=O)c1. The van der Waals surface area contributed by atoms with E-state index >= 15 is 0 Å². The van der Waals surface area contributed by atoms with Crippen LogP contribution in [-0.2, 0) is 9.59 Å². The van der Waals surface area contributed by atoms with Gasteiger partial charge in [-0.1, -0.05) is 6.07 Å².